The molecule has 2 aromatic rings. The van der Waals surface area contributed by atoms with Crippen molar-refractivity contribution >= 4 is 17.8 Å². The van der Waals surface area contributed by atoms with Crippen LogP contribution in [0.25, 0.3) is 21.6 Å². The number of azide groups is 1. The van der Waals surface area contributed by atoms with Gasteiger partial charge in [0.1, 0.15) is 6.04 Å². The zero-order valence-corrected chi connectivity index (χ0v) is 21.2. The Kier molecular flexibility index (Phi) is 7.00. The smallest absolute Gasteiger partial charge is 0.328 e. The summed E-state index contributed by atoms with van der Waals surface area (Å²) in [6.07, 6.45) is 1.01. The summed E-state index contributed by atoms with van der Waals surface area (Å²) in [4.78, 5) is 42.9. The van der Waals surface area contributed by atoms with E-state index in [0.717, 1.165) is 0 Å². The van der Waals surface area contributed by atoms with Crippen molar-refractivity contribution in [2.45, 2.75) is 37.8 Å². The van der Waals surface area contributed by atoms with Crippen LogP contribution in [0.5, 0.6) is 0 Å². The van der Waals surface area contributed by atoms with Crippen molar-refractivity contribution in [1.29, 1.82) is 0 Å². The molecular formula is C27H27F2N5O5. The van der Waals surface area contributed by atoms with E-state index in [2.05, 4.69) is 15.3 Å². The van der Waals surface area contributed by atoms with Crippen molar-refractivity contribution in [1.82, 2.24) is 10.2 Å². The Morgan fingerprint density at radius 1 is 1.15 bits per heavy atom. The van der Waals surface area contributed by atoms with E-state index >= 15 is 0 Å². The number of carbonyl (C=O) groups excluding carboxylic acids is 3. The highest BCUT2D eigenvalue weighted by Crippen LogP contribution is 2.59. The lowest BCUT2D eigenvalue weighted by atomic mass is 10.0. The average molecular weight is 540 g/mol. The Hall–Kier alpha value is -4.02. The first kappa shape index (κ1) is 26.6. The Bertz CT molecular complexity index is 1380. The molecule has 3 atom stereocenters. The van der Waals surface area contributed by atoms with Crippen LogP contribution < -0.4 is 5.32 Å². The van der Waals surface area contributed by atoms with E-state index in [1.165, 1.54) is 29.2 Å². The Morgan fingerprint density at radius 2 is 1.92 bits per heavy atom. The van der Waals surface area contributed by atoms with E-state index in [4.69, 9.17) is 15.0 Å². The van der Waals surface area contributed by atoms with Crippen molar-refractivity contribution in [3.63, 3.8) is 0 Å². The molecule has 10 nitrogen and oxygen atoms in total. The van der Waals surface area contributed by atoms with Gasteiger partial charge in [0.05, 0.1) is 26.4 Å². The Labute approximate surface area is 222 Å². The van der Waals surface area contributed by atoms with Crippen LogP contribution in [0.3, 0.4) is 0 Å². The van der Waals surface area contributed by atoms with E-state index in [9.17, 15) is 23.2 Å². The van der Waals surface area contributed by atoms with E-state index in [-0.39, 0.29) is 54.6 Å². The lowest BCUT2D eigenvalue weighted by Gasteiger charge is -2.26. The Morgan fingerprint density at radius 3 is 2.69 bits per heavy atom. The van der Waals surface area contributed by atoms with Crippen molar-refractivity contribution in [3.05, 3.63) is 69.6 Å². The second kappa shape index (κ2) is 10.3. The highest BCUT2D eigenvalue weighted by molar-refractivity contribution is 5.99. The number of hydrogen-bond donors (Lipinski definition) is 1. The van der Waals surface area contributed by atoms with Gasteiger partial charge in [-0.3, -0.25) is 9.59 Å². The predicted octanol–water partition coefficient (Wildman–Crippen LogP) is 3.79. The predicted molar refractivity (Wildman–Crippen MR) is 135 cm³/mol. The van der Waals surface area contributed by atoms with Gasteiger partial charge in [0.15, 0.2) is 0 Å². The van der Waals surface area contributed by atoms with E-state index in [0.29, 0.717) is 25.0 Å². The highest BCUT2D eigenvalue weighted by atomic mass is 19.3. The molecule has 3 aliphatic rings. The lowest BCUT2D eigenvalue weighted by Crippen LogP contribution is -2.48. The number of ether oxygens (including phenoxy) is 2. The molecule has 0 unspecified atom stereocenters. The first-order valence-electron chi connectivity index (χ1n) is 12.7. The molecule has 0 radical (unpaired) electrons. The van der Waals surface area contributed by atoms with Gasteiger partial charge in [0.25, 0.3) is 11.8 Å². The maximum Gasteiger partial charge on any atom is 0.328 e. The van der Waals surface area contributed by atoms with Gasteiger partial charge in [-0.25, -0.2) is 4.79 Å². The maximum absolute atomic E-state index is 14.8. The minimum atomic E-state index is -3.15. The number of rotatable bonds is 10. The fourth-order valence-corrected chi connectivity index (χ4v) is 5.73. The van der Waals surface area contributed by atoms with Gasteiger partial charge in [-0.05, 0) is 48.6 Å². The molecule has 2 aliphatic carbocycles. The topological polar surface area (TPSA) is 134 Å². The molecule has 5 rings (SSSR count). The van der Waals surface area contributed by atoms with Crippen LogP contribution in [0.1, 0.15) is 41.3 Å². The summed E-state index contributed by atoms with van der Waals surface area (Å²) in [7, 11) is 0. The van der Waals surface area contributed by atoms with E-state index in [1.54, 1.807) is 25.1 Å². The van der Waals surface area contributed by atoms with Crippen LogP contribution in [0.15, 0.2) is 47.6 Å². The zero-order valence-electron chi connectivity index (χ0n) is 21.2. The summed E-state index contributed by atoms with van der Waals surface area (Å²) in [5, 5.41) is 6.00. The number of esters is 1. The third-order valence-electron chi connectivity index (χ3n) is 7.63. The molecule has 1 heterocycles. The summed E-state index contributed by atoms with van der Waals surface area (Å²) >= 11 is 0. The second-order valence-electron chi connectivity index (χ2n) is 9.93. The molecule has 2 amide bonds. The molecule has 1 saturated heterocycles. The van der Waals surface area contributed by atoms with Crippen molar-refractivity contribution in [2.75, 3.05) is 32.9 Å². The van der Waals surface area contributed by atoms with Gasteiger partial charge in [0.2, 0.25) is 5.91 Å². The van der Waals surface area contributed by atoms with Crippen LogP contribution in [-0.2, 0) is 25.0 Å². The van der Waals surface area contributed by atoms with Gasteiger partial charge >= 0.3 is 5.97 Å². The quantitative estimate of drug-likeness (QED) is 0.161. The lowest BCUT2D eigenvalue weighted by molar-refractivity contribution is -0.153. The number of nitrogens with one attached hydrogen (secondary N) is 1. The summed E-state index contributed by atoms with van der Waals surface area (Å²) in [5.41, 5.74) is 8.50. The molecule has 2 fully saturated rings. The van der Waals surface area contributed by atoms with Gasteiger partial charge in [-0.2, -0.15) is 8.78 Å². The molecule has 1 aliphatic heterocycles. The second-order valence-corrected chi connectivity index (χ2v) is 9.93. The molecule has 2 aromatic carbocycles. The molecular weight excluding hydrogens is 512 g/mol. The first-order chi connectivity index (χ1) is 18.7. The fraction of sp³-hybridized carbons (Fsp3) is 0.444. The van der Waals surface area contributed by atoms with Crippen molar-refractivity contribution < 1.29 is 32.6 Å². The van der Waals surface area contributed by atoms with Gasteiger partial charge in [0, 0.05) is 39.6 Å². The highest BCUT2D eigenvalue weighted by Gasteiger charge is 2.67. The van der Waals surface area contributed by atoms with Crippen molar-refractivity contribution in [3.8, 4) is 11.1 Å². The number of nitrogens with zero attached hydrogens (tertiary/aromatic N) is 4. The van der Waals surface area contributed by atoms with Crippen molar-refractivity contribution in [2.24, 2.45) is 10.5 Å². The number of alkyl halides is 2. The van der Waals surface area contributed by atoms with Crippen LogP contribution in [-0.4, -0.2) is 67.7 Å². The minimum Gasteiger partial charge on any atom is -0.464 e. The third-order valence-corrected chi connectivity index (χ3v) is 7.63. The summed E-state index contributed by atoms with van der Waals surface area (Å²) in [5.74, 6) is -4.71. The standard InChI is InChI=1S/C27H27F2N5O5/c1-2-39-25(37)21-12-26(15-38-10-9-32-33-30)13-22(26)34(21)23(35)14-31-24(36)16-7-8-20-18(11-16)17-5-3-4-6-19(17)27(20,28)29/h3-8,11,21-22H,2,9-10,12-15H2,1H3,(H,31,36)/t21-,22-,26+/m0/s1. The largest absolute Gasteiger partial charge is 0.464 e. The monoisotopic (exact) mass is 539 g/mol. The van der Waals surface area contributed by atoms with Crippen LogP contribution >= 0.6 is 0 Å². The SMILES string of the molecule is CCOC(=O)[C@@H]1C[C@]2(COCCN=[N+]=[N-])C[C@@H]2N1C(=O)CNC(=O)c1ccc2c(c1)-c1ccccc1C2(F)F. The molecule has 204 valence electrons. The van der Waals surface area contributed by atoms with E-state index < -0.39 is 35.2 Å². The number of likely N-dealkylation sites (tertiary alicyclic amines) is 1. The molecule has 0 aromatic heterocycles. The van der Waals surface area contributed by atoms with Gasteiger partial charge in [-0.1, -0.05) is 35.4 Å². The zero-order chi connectivity index (χ0) is 27.8. The number of piperidine rings is 1. The minimum absolute atomic E-state index is 0.110. The normalized spacial score (nSPS) is 23.2. The molecule has 1 N–H and O–H groups in total. The van der Waals surface area contributed by atoms with Gasteiger partial charge in [-0.15, -0.1) is 0 Å². The first-order valence-corrected chi connectivity index (χ1v) is 12.7. The van der Waals surface area contributed by atoms with Crippen LogP contribution in [0, 0.1) is 5.41 Å². The number of hydrogen-bond acceptors (Lipinski definition) is 6. The Balaban J connectivity index is 1.26. The average Bonchev–Trinajstić information content (AvgIpc) is 3.45. The maximum atomic E-state index is 14.8. The molecule has 1 saturated carbocycles. The number of benzene rings is 2. The molecule has 39 heavy (non-hydrogen) atoms. The molecule has 12 heteroatoms. The summed E-state index contributed by atoms with van der Waals surface area (Å²) in [6, 6.07) is 9.09. The van der Waals surface area contributed by atoms with Gasteiger partial charge < -0.3 is 19.7 Å². The number of fused-ring (bicyclic) bond motifs is 4. The molecule has 0 bridgehead atoms. The fourth-order valence-electron chi connectivity index (χ4n) is 5.73. The summed E-state index contributed by atoms with van der Waals surface area (Å²) < 4.78 is 40.5. The molecule has 0 spiro atoms. The van der Waals surface area contributed by atoms with Crippen LogP contribution in [0.4, 0.5) is 8.78 Å². The number of halogens is 2. The van der Waals surface area contributed by atoms with E-state index in [1.807, 2.05) is 0 Å². The summed E-state index contributed by atoms with van der Waals surface area (Å²) in [6.45, 7) is 2.17. The third kappa shape index (κ3) is 4.70. The number of carbonyl (C=O) groups is 3. The number of amides is 2. The van der Waals surface area contributed by atoms with Crippen LogP contribution in [0.2, 0.25) is 0 Å².